The zero-order chi connectivity index (χ0) is 23.4. The third-order valence-corrected chi connectivity index (χ3v) is 8.44. The summed E-state index contributed by atoms with van der Waals surface area (Å²) in [7, 11) is 1.40. The Morgan fingerprint density at radius 2 is 1.75 bits per heavy atom. The summed E-state index contributed by atoms with van der Waals surface area (Å²) in [6, 6.07) is 7.17. The Morgan fingerprint density at radius 1 is 1.16 bits per heavy atom. The van der Waals surface area contributed by atoms with Gasteiger partial charge in [0.2, 0.25) is 5.91 Å². The third-order valence-electron chi connectivity index (χ3n) is 7.94. The van der Waals surface area contributed by atoms with Crippen molar-refractivity contribution in [3.8, 4) is 0 Å². The highest BCUT2D eigenvalue weighted by molar-refractivity contribution is 9.10. The molecule has 32 heavy (non-hydrogen) atoms. The first-order valence-electron chi connectivity index (χ1n) is 10.9. The molecule has 1 aromatic rings. The Bertz CT molecular complexity index is 888. The number of ether oxygens (including phenoxy) is 1. The van der Waals surface area contributed by atoms with Crippen molar-refractivity contribution in [2.45, 2.75) is 63.1 Å². The van der Waals surface area contributed by atoms with Gasteiger partial charge in [-0.05, 0) is 75.0 Å². The van der Waals surface area contributed by atoms with Gasteiger partial charge in [-0.3, -0.25) is 9.59 Å². The van der Waals surface area contributed by atoms with E-state index in [1.807, 2.05) is 6.07 Å². The molecule has 1 aromatic carbocycles. The van der Waals surface area contributed by atoms with Crippen LogP contribution in [-0.4, -0.2) is 42.4 Å². The summed E-state index contributed by atoms with van der Waals surface area (Å²) >= 11 is 3.41. The lowest BCUT2D eigenvalue weighted by molar-refractivity contribution is -0.295. The number of anilines is 1. The first-order valence-corrected chi connectivity index (χ1v) is 11.7. The van der Waals surface area contributed by atoms with Crippen LogP contribution in [0.1, 0.15) is 51.4 Å². The van der Waals surface area contributed by atoms with E-state index in [-0.39, 0.29) is 17.3 Å². The lowest BCUT2D eigenvalue weighted by Gasteiger charge is -2.53. The van der Waals surface area contributed by atoms with Crippen molar-refractivity contribution in [3.63, 3.8) is 0 Å². The first-order chi connectivity index (χ1) is 14.9. The molecular weight excluding hydrogens is 491 g/mol. The highest BCUT2D eigenvalue weighted by atomic mass is 79.9. The van der Waals surface area contributed by atoms with E-state index in [0.717, 1.165) is 23.7 Å². The lowest BCUT2D eigenvalue weighted by atomic mass is 9.53. The summed E-state index contributed by atoms with van der Waals surface area (Å²) in [5.74, 6) is -1.44. The maximum absolute atomic E-state index is 13.4. The third kappa shape index (κ3) is 3.95. The molecule has 2 bridgehead atoms. The highest BCUT2D eigenvalue weighted by Crippen LogP contribution is 2.58. The molecule has 5 rings (SSSR count). The summed E-state index contributed by atoms with van der Waals surface area (Å²) < 4.78 is 45.1. The number of carbonyl (C=O) groups excluding carboxylic acids is 2. The Labute approximate surface area is 193 Å². The second-order valence-corrected chi connectivity index (χ2v) is 10.7. The van der Waals surface area contributed by atoms with E-state index in [1.54, 1.807) is 23.1 Å². The van der Waals surface area contributed by atoms with Gasteiger partial charge in [0.05, 0.1) is 12.5 Å². The molecule has 1 amide bonds. The average Bonchev–Trinajstić information content (AvgIpc) is 2.74. The Kier molecular flexibility index (Phi) is 5.89. The molecule has 176 valence electrons. The van der Waals surface area contributed by atoms with E-state index < -0.39 is 36.0 Å². The van der Waals surface area contributed by atoms with Crippen LogP contribution in [0.5, 0.6) is 0 Å². The molecule has 0 saturated heterocycles. The molecule has 5 nitrogen and oxygen atoms in total. The van der Waals surface area contributed by atoms with E-state index in [9.17, 15) is 27.9 Å². The molecule has 4 aliphatic carbocycles. The standard InChI is InChI=1S/C23H27BrF3NO4/c1-32-19(30)21-8-5-20(6-9-21,7-10-21)14-28(17-4-2-3-16(24)11-17)18(29)15-12-22(31,13-15)23(25,26)27/h2-4,11,15,31H,5-10,12-14H2,1H3. The molecule has 0 atom stereocenters. The minimum atomic E-state index is -4.74. The van der Waals surface area contributed by atoms with Gasteiger partial charge in [-0.2, -0.15) is 13.2 Å². The molecule has 0 radical (unpaired) electrons. The van der Waals surface area contributed by atoms with Gasteiger partial charge in [-0.25, -0.2) is 0 Å². The van der Waals surface area contributed by atoms with Crippen LogP contribution in [0.25, 0.3) is 0 Å². The van der Waals surface area contributed by atoms with Crippen LogP contribution in [-0.2, 0) is 14.3 Å². The van der Waals surface area contributed by atoms with E-state index in [1.165, 1.54) is 7.11 Å². The van der Waals surface area contributed by atoms with Crippen LogP contribution < -0.4 is 4.90 Å². The number of carbonyl (C=O) groups is 2. The molecule has 1 N–H and O–H groups in total. The smallest absolute Gasteiger partial charge is 0.417 e. The lowest BCUT2D eigenvalue weighted by Crippen LogP contribution is -2.60. The predicted molar refractivity (Wildman–Crippen MR) is 115 cm³/mol. The van der Waals surface area contributed by atoms with Crippen molar-refractivity contribution < 1.29 is 32.6 Å². The second kappa shape index (κ2) is 8.01. The van der Waals surface area contributed by atoms with Crippen LogP contribution in [0.15, 0.2) is 28.7 Å². The van der Waals surface area contributed by atoms with Gasteiger partial charge >= 0.3 is 12.1 Å². The normalized spacial score (nSPS) is 34.0. The number of rotatable bonds is 5. The minimum Gasteiger partial charge on any atom is -0.469 e. The van der Waals surface area contributed by atoms with Gasteiger partial charge in [0.15, 0.2) is 5.60 Å². The maximum Gasteiger partial charge on any atom is 0.417 e. The number of halogens is 4. The van der Waals surface area contributed by atoms with Crippen molar-refractivity contribution in [1.82, 2.24) is 0 Å². The number of benzene rings is 1. The van der Waals surface area contributed by atoms with Gasteiger partial charge in [-0.1, -0.05) is 22.0 Å². The fraction of sp³-hybridized carbons (Fsp3) is 0.652. The minimum absolute atomic E-state index is 0.174. The summed E-state index contributed by atoms with van der Waals surface area (Å²) in [4.78, 5) is 27.3. The molecule has 4 saturated carbocycles. The van der Waals surface area contributed by atoms with Gasteiger partial charge in [-0.15, -0.1) is 0 Å². The van der Waals surface area contributed by atoms with Crippen LogP contribution in [0.2, 0.25) is 0 Å². The quantitative estimate of drug-likeness (QED) is 0.558. The average molecular weight is 518 g/mol. The van der Waals surface area contributed by atoms with Crippen molar-refractivity contribution in [1.29, 1.82) is 0 Å². The number of fused-ring (bicyclic) bond motifs is 3. The number of aliphatic hydroxyl groups is 1. The zero-order valence-corrected chi connectivity index (χ0v) is 19.5. The Morgan fingerprint density at radius 3 is 2.25 bits per heavy atom. The topological polar surface area (TPSA) is 66.8 Å². The van der Waals surface area contributed by atoms with Gasteiger partial charge in [0.25, 0.3) is 0 Å². The molecule has 9 heteroatoms. The summed E-state index contributed by atoms with van der Waals surface area (Å²) in [5, 5.41) is 9.84. The fourth-order valence-electron chi connectivity index (χ4n) is 5.68. The zero-order valence-electron chi connectivity index (χ0n) is 17.9. The monoisotopic (exact) mass is 517 g/mol. The molecule has 4 aliphatic rings. The van der Waals surface area contributed by atoms with Crippen molar-refractivity contribution in [3.05, 3.63) is 28.7 Å². The molecule has 0 unspecified atom stereocenters. The Hall–Kier alpha value is -1.61. The molecule has 0 spiro atoms. The number of hydrogen-bond donors (Lipinski definition) is 1. The second-order valence-electron chi connectivity index (χ2n) is 9.81. The highest BCUT2D eigenvalue weighted by Gasteiger charge is 2.63. The molecule has 0 heterocycles. The van der Waals surface area contributed by atoms with Crippen LogP contribution in [0.3, 0.4) is 0 Å². The largest absolute Gasteiger partial charge is 0.469 e. The van der Waals surface area contributed by atoms with E-state index in [4.69, 9.17) is 4.74 Å². The first kappa shape index (κ1) is 23.5. The fourth-order valence-corrected chi connectivity index (χ4v) is 6.07. The van der Waals surface area contributed by atoms with Crippen molar-refractivity contribution in [2.24, 2.45) is 16.7 Å². The molecule has 4 fully saturated rings. The van der Waals surface area contributed by atoms with Crippen LogP contribution in [0, 0.1) is 16.7 Å². The summed E-state index contributed by atoms with van der Waals surface area (Å²) in [6.45, 7) is 0.389. The van der Waals surface area contributed by atoms with E-state index >= 15 is 0 Å². The van der Waals surface area contributed by atoms with E-state index in [2.05, 4.69) is 15.9 Å². The molecule has 0 aliphatic heterocycles. The van der Waals surface area contributed by atoms with Gasteiger partial charge in [0.1, 0.15) is 0 Å². The number of amides is 1. The summed E-state index contributed by atoms with van der Waals surface area (Å²) in [5.41, 5.74) is -2.79. The number of methoxy groups -OCH3 is 1. The van der Waals surface area contributed by atoms with Gasteiger partial charge in [0, 0.05) is 22.6 Å². The van der Waals surface area contributed by atoms with Crippen molar-refractivity contribution >= 4 is 33.5 Å². The number of esters is 1. The van der Waals surface area contributed by atoms with Crippen LogP contribution in [0.4, 0.5) is 18.9 Å². The SMILES string of the molecule is COC(=O)C12CCC(CN(C(=O)C3CC(O)(C(F)(F)F)C3)c3cccc(Br)c3)(CC1)CC2. The summed E-state index contributed by atoms with van der Waals surface area (Å²) in [6.07, 6.45) is -1.61. The molecule has 0 aromatic heterocycles. The van der Waals surface area contributed by atoms with Gasteiger partial charge < -0.3 is 14.7 Å². The Balaban J connectivity index is 1.55. The van der Waals surface area contributed by atoms with E-state index in [0.29, 0.717) is 31.5 Å². The predicted octanol–water partition coefficient (Wildman–Crippen LogP) is 5.00. The van der Waals surface area contributed by atoms with Crippen molar-refractivity contribution in [2.75, 3.05) is 18.6 Å². The van der Waals surface area contributed by atoms with Crippen LogP contribution >= 0.6 is 15.9 Å². The number of nitrogens with zero attached hydrogens (tertiary/aromatic N) is 1. The maximum atomic E-state index is 13.4. The number of hydrogen-bond acceptors (Lipinski definition) is 4. The number of alkyl halides is 3. The molecular formula is C23H27BrF3NO4.